The highest BCUT2D eigenvalue weighted by atomic mass is 16.6. The van der Waals surface area contributed by atoms with Crippen LogP contribution in [-0.4, -0.2) is 24.9 Å². The predicted octanol–water partition coefficient (Wildman–Crippen LogP) is 5.48. The first kappa shape index (κ1) is 23.6. The van der Waals surface area contributed by atoms with Crippen molar-refractivity contribution in [2.75, 3.05) is 13.7 Å². The standard InChI is InChI=1S/C27H32O5/c1-19-25(32-27(30-3)20(2)26(19)29)18-23(28)12-8-5-9-17-31-24-15-13-22(14-16-24)21-10-6-4-7-11-21/h4,6-7,10-11,13-16,23,28H,5,8-9,12,17-18H2,1-3H3. The summed E-state index contributed by atoms with van der Waals surface area (Å²) in [7, 11) is 1.47. The van der Waals surface area contributed by atoms with Gasteiger partial charge in [0.05, 0.1) is 25.4 Å². The minimum Gasteiger partial charge on any atom is -0.494 e. The summed E-state index contributed by atoms with van der Waals surface area (Å²) in [5, 5.41) is 10.4. The summed E-state index contributed by atoms with van der Waals surface area (Å²) >= 11 is 0. The largest absolute Gasteiger partial charge is 0.494 e. The third kappa shape index (κ3) is 6.24. The van der Waals surface area contributed by atoms with Crippen molar-refractivity contribution in [3.05, 3.63) is 81.7 Å². The van der Waals surface area contributed by atoms with Crippen LogP contribution in [0.15, 0.2) is 63.8 Å². The molecule has 1 N–H and O–H groups in total. The molecule has 0 saturated heterocycles. The molecule has 3 aromatic rings. The van der Waals surface area contributed by atoms with E-state index in [1.165, 1.54) is 18.2 Å². The highest BCUT2D eigenvalue weighted by molar-refractivity contribution is 5.63. The van der Waals surface area contributed by atoms with Crippen molar-refractivity contribution >= 4 is 0 Å². The van der Waals surface area contributed by atoms with Crippen LogP contribution >= 0.6 is 0 Å². The Hall–Kier alpha value is -3.05. The SMILES string of the molecule is COc1oc(CC(O)CCCCCOc2ccc(-c3ccccc3)cc2)c(C)c(=O)c1C. The molecule has 32 heavy (non-hydrogen) atoms. The van der Waals surface area contributed by atoms with E-state index in [0.717, 1.165) is 25.0 Å². The summed E-state index contributed by atoms with van der Waals surface area (Å²) in [6.45, 7) is 4.05. The Bertz CT molecular complexity index is 1040. The summed E-state index contributed by atoms with van der Waals surface area (Å²) in [4.78, 5) is 12.3. The van der Waals surface area contributed by atoms with Gasteiger partial charge in [-0.1, -0.05) is 48.9 Å². The molecule has 0 aliphatic rings. The minimum absolute atomic E-state index is 0.0933. The van der Waals surface area contributed by atoms with Gasteiger partial charge >= 0.3 is 0 Å². The zero-order valence-electron chi connectivity index (χ0n) is 19.1. The average Bonchev–Trinajstić information content (AvgIpc) is 2.82. The van der Waals surface area contributed by atoms with E-state index in [-0.39, 0.29) is 11.4 Å². The van der Waals surface area contributed by atoms with Gasteiger partial charge < -0.3 is 19.0 Å². The van der Waals surface area contributed by atoms with Gasteiger partial charge in [0.1, 0.15) is 11.5 Å². The van der Waals surface area contributed by atoms with Crippen LogP contribution in [-0.2, 0) is 6.42 Å². The monoisotopic (exact) mass is 436 g/mol. The van der Waals surface area contributed by atoms with E-state index in [4.69, 9.17) is 13.9 Å². The third-order valence-corrected chi connectivity index (χ3v) is 5.64. The van der Waals surface area contributed by atoms with Crippen molar-refractivity contribution in [2.45, 2.75) is 52.1 Å². The number of hydrogen-bond donors (Lipinski definition) is 1. The van der Waals surface area contributed by atoms with Crippen LogP contribution in [0.4, 0.5) is 0 Å². The second-order valence-corrected chi connectivity index (χ2v) is 8.04. The Morgan fingerprint density at radius 2 is 1.59 bits per heavy atom. The first-order valence-corrected chi connectivity index (χ1v) is 11.1. The minimum atomic E-state index is -0.560. The molecule has 0 fully saturated rings. The summed E-state index contributed by atoms with van der Waals surface area (Å²) in [6.07, 6.45) is 3.14. The van der Waals surface area contributed by atoms with Gasteiger partial charge in [0, 0.05) is 12.0 Å². The quantitative estimate of drug-likeness (QED) is 0.403. The van der Waals surface area contributed by atoms with Crippen molar-refractivity contribution in [3.8, 4) is 22.8 Å². The molecule has 5 heteroatoms. The Balaban J connectivity index is 1.37. The molecular formula is C27H32O5. The van der Waals surface area contributed by atoms with Gasteiger partial charge in [0.2, 0.25) is 0 Å². The van der Waals surface area contributed by atoms with Gasteiger partial charge in [0.15, 0.2) is 5.43 Å². The molecule has 1 unspecified atom stereocenters. The lowest BCUT2D eigenvalue weighted by atomic mass is 10.0. The lowest BCUT2D eigenvalue weighted by Gasteiger charge is -2.13. The van der Waals surface area contributed by atoms with E-state index < -0.39 is 6.10 Å². The van der Waals surface area contributed by atoms with Gasteiger partial charge in [0.25, 0.3) is 5.95 Å². The highest BCUT2D eigenvalue weighted by Crippen LogP contribution is 2.23. The normalized spacial score (nSPS) is 11.9. The molecule has 1 aromatic heterocycles. The zero-order valence-corrected chi connectivity index (χ0v) is 19.1. The number of aliphatic hydroxyl groups is 1. The fourth-order valence-corrected chi connectivity index (χ4v) is 3.69. The maximum absolute atomic E-state index is 12.3. The first-order chi connectivity index (χ1) is 15.5. The zero-order chi connectivity index (χ0) is 22.9. The van der Waals surface area contributed by atoms with Crippen molar-refractivity contribution in [3.63, 3.8) is 0 Å². The molecule has 0 saturated carbocycles. The molecule has 5 nitrogen and oxygen atoms in total. The van der Waals surface area contributed by atoms with Crippen molar-refractivity contribution in [1.29, 1.82) is 0 Å². The number of aliphatic hydroxyl groups excluding tert-OH is 1. The molecule has 0 spiro atoms. The van der Waals surface area contributed by atoms with E-state index in [9.17, 15) is 9.90 Å². The number of ether oxygens (including phenoxy) is 2. The first-order valence-electron chi connectivity index (χ1n) is 11.1. The Morgan fingerprint density at radius 1 is 0.906 bits per heavy atom. The fraction of sp³-hybridized carbons (Fsp3) is 0.370. The van der Waals surface area contributed by atoms with Crippen LogP contribution < -0.4 is 14.9 Å². The molecular weight excluding hydrogens is 404 g/mol. The molecule has 0 radical (unpaired) electrons. The molecule has 1 heterocycles. The summed E-state index contributed by atoms with van der Waals surface area (Å²) in [5.74, 6) is 1.58. The second-order valence-electron chi connectivity index (χ2n) is 8.04. The van der Waals surface area contributed by atoms with E-state index in [0.29, 0.717) is 36.3 Å². The van der Waals surface area contributed by atoms with Gasteiger partial charge in [-0.25, -0.2) is 0 Å². The fourth-order valence-electron chi connectivity index (χ4n) is 3.69. The summed E-state index contributed by atoms with van der Waals surface area (Å²) in [5.41, 5.74) is 3.26. The van der Waals surface area contributed by atoms with Gasteiger partial charge in [-0.15, -0.1) is 0 Å². The molecule has 1 atom stereocenters. The van der Waals surface area contributed by atoms with E-state index >= 15 is 0 Å². The molecule has 0 bridgehead atoms. The van der Waals surface area contributed by atoms with Crippen LogP contribution in [0.3, 0.4) is 0 Å². The van der Waals surface area contributed by atoms with Crippen LogP contribution in [0.25, 0.3) is 11.1 Å². The number of hydrogen-bond acceptors (Lipinski definition) is 5. The van der Waals surface area contributed by atoms with Crippen molar-refractivity contribution < 1.29 is 19.0 Å². The van der Waals surface area contributed by atoms with Crippen molar-refractivity contribution in [1.82, 2.24) is 0 Å². The maximum Gasteiger partial charge on any atom is 0.291 e. The predicted molar refractivity (Wildman–Crippen MR) is 127 cm³/mol. The summed E-state index contributed by atoms with van der Waals surface area (Å²) in [6, 6.07) is 18.4. The topological polar surface area (TPSA) is 68.9 Å². The molecule has 0 aliphatic heterocycles. The molecule has 0 amide bonds. The smallest absolute Gasteiger partial charge is 0.291 e. The second kappa shape index (κ2) is 11.5. The lowest BCUT2D eigenvalue weighted by molar-refractivity contribution is 0.148. The van der Waals surface area contributed by atoms with Crippen molar-refractivity contribution in [2.24, 2.45) is 0 Å². The van der Waals surface area contributed by atoms with Gasteiger partial charge in [-0.3, -0.25) is 4.79 Å². The van der Waals surface area contributed by atoms with Crippen LogP contribution in [0.1, 0.15) is 42.6 Å². The summed E-state index contributed by atoms with van der Waals surface area (Å²) < 4.78 is 16.6. The van der Waals surface area contributed by atoms with Crippen LogP contribution in [0, 0.1) is 13.8 Å². The lowest BCUT2D eigenvalue weighted by Crippen LogP contribution is -2.17. The molecule has 2 aromatic carbocycles. The molecule has 170 valence electrons. The van der Waals surface area contributed by atoms with Gasteiger partial charge in [-0.05, 0) is 56.4 Å². The Morgan fingerprint density at radius 3 is 2.28 bits per heavy atom. The van der Waals surface area contributed by atoms with E-state index in [1.54, 1.807) is 13.8 Å². The Labute approximate surface area is 189 Å². The molecule has 3 rings (SSSR count). The van der Waals surface area contributed by atoms with Crippen LogP contribution in [0.2, 0.25) is 0 Å². The number of methoxy groups -OCH3 is 1. The highest BCUT2D eigenvalue weighted by Gasteiger charge is 2.17. The number of unbranched alkanes of at least 4 members (excludes halogenated alkanes) is 2. The molecule has 0 aliphatic carbocycles. The van der Waals surface area contributed by atoms with Gasteiger partial charge in [-0.2, -0.15) is 0 Å². The maximum atomic E-state index is 12.3. The van der Waals surface area contributed by atoms with E-state index in [1.807, 2.05) is 30.3 Å². The number of benzene rings is 2. The third-order valence-electron chi connectivity index (χ3n) is 5.64. The van der Waals surface area contributed by atoms with E-state index in [2.05, 4.69) is 24.3 Å². The van der Waals surface area contributed by atoms with Crippen LogP contribution in [0.5, 0.6) is 11.7 Å². The number of rotatable bonds is 11. The Kier molecular flexibility index (Phi) is 8.51. The average molecular weight is 437 g/mol.